The second-order valence-electron chi connectivity index (χ2n) is 7.08. The Morgan fingerprint density at radius 1 is 1.27 bits per heavy atom. The van der Waals surface area contributed by atoms with Crippen molar-refractivity contribution in [2.45, 2.75) is 44.7 Å². The molecule has 26 heavy (non-hydrogen) atoms. The second-order valence-corrected chi connectivity index (χ2v) is 11.2. The molecule has 7 nitrogen and oxygen atoms in total. The van der Waals surface area contributed by atoms with Crippen LogP contribution in [0.15, 0.2) is 29.2 Å². The van der Waals surface area contributed by atoms with E-state index in [1.54, 1.807) is 12.1 Å². The molecule has 0 radical (unpaired) electrons. The van der Waals surface area contributed by atoms with Gasteiger partial charge in [-0.15, -0.1) is 0 Å². The molecule has 1 atom stereocenters. The molecule has 0 saturated carbocycles. The zero-order chi connectivity index (χ0) is 19.5. The Morgan fingerprint density at radius 3 is 2.35 bits per heavy atom. The maximum absolute atomic E-state index is 13.1. The summed E-state index contributed by atoms with van der Waals surface area (Å²) in [5.74, 6) is -0.184. The summed E-state index contributed by atoms with van der Waals surface area (Å²) >= 11 is 0. The molecule has 1 fully saturated rings. The standard InChI is InChI=1S/C17H26N2O5S2/c1-13(2)11-19(16-8-9-25(21,22)12-16)26(23,24)17-6-4-15(5-7-17)10-18-14(3)20/h4-7,13,16H,8-12H2,1-3H3,(H,18,20)/t16-/m0/s1. The molecule has 0 bridgehead atoms. The summed E-state index contributed by atoms with van der Waals surface area (Å²) in [6.45, 7) is 5.83. The van der Waals surface area contributed by atoms with E-state index in [2.05, 4.69) is 5.32 Å². The van der Waals surface area contributed by atoms with E-state index in [9.17, 15) is 21.6 Å². The first kappa shape index (κ1) is 20.9. The maximum atomic E-state index is 13.1. The van der Waals surface area contributed by atoms with Crippen LogP contribution in [0.2, 0.25) is 0 Å². The van der Waals surface area contributed by atoms with E-state index in [-0.39, 0.29) is 34.8 Å². The van der Waals surface area contributed by atoms with Gasteiger partial charge in [0, 0.05) is 26.1 Å². The number of sulfone groups is 1. The lowest BCUT2D eigenvalue weighted by atomic mass is 10.2. The molecule has 1 aromatic carbocycles. The van der Waals surface area contributed by atoms with Crippen molar-refractivity contribution in [2.75, 3.05) is 18.1 Å². The lowest BCUT2D eigenvalue weighted by Crippen LogP contribution is -2.43. The van der Waals surface area contributed by atoms with Crippen LogP contribution in [0.3, 0.4) is 0 Å². The van der Waals surface area contributed by atoms with E-state index in [1.807, 2.05) is 13.8 Å². The number of hydrogen-bond acceptors (Lipinski definition) is 5. The summed E-state index contributed by atoms with van der Waals surface area (Å²) < 4.78 is 51.2. The van der Waals surface area contributed by atoms with Crippen LogP contribution in [-0.2, 0) is 31.2 Å². The Kier molecular flexibility index (Phi) is 6.46. The van der Waals surface area contributed by atoms with Crippen LogP contribution < -0.4 is 5.32 Å². The van der Waals surface area contributed by atoms with E-state index in [0.29, 0.717) is 13.0 Å². The average Bonchev–Trinajstić information content (AvgIpc) is 2.90. The Bertz CT molecular complexity index is 846. The van der Waals surface area contributed by atoms with Crippen molar-refractivity contribution in [3.05, 3.63) is 29.8 Å². The predicted molar refractivity (Wildman–Crippen MR) is 99.8 cm³/mol. The van der Waals surface area contributed by atoms with E-state index in [4.69, 9.17) is 0 Å². The number of nitrogens with zero attached hydrogens (tertiary/aromatic N) is 1. The fourth-order valence-corrected chi connectivity index (χ4v) is 6.59. The van der Waals surface area contributed by atoms with Crippen molar-refractivity contribution in [3.8, 4) is 0 Å². The van der Waals surface area contributed by atoms with Gasteiger partial charge < -0.3 is 5.32 Å². The van der Waals surface area contributed by atoms with Crippen LogP contribution in [0.1, 0.15) is 32.8 Å². The van der Waals surface area contributed by atoms with Crippen LogP contribution >= 0.6 is 0 Å². The van der Waals surface area contributed by atoms with Crippen molar-refractivity contribution in [1.82, 2.24) is 9.62 Å². The van der Waals surface area contributed by atoms with Gasteiger partial charge in [-0.05, 0) is 30.0 Å². The Labute approximate surface area is 155 Å². The highest BCUT2D eigenvalue weighted by molar-refractivity contribution is 7.92. The number of hydrogen-bond donors (Lipinski definition) is 1. The minimum absolute atomic E-state index is 0.0252. The van der Waals surface area contributed by atoms with Gasteiger partial charge in [0.1, 0.15) is 0 Å². The van der Waals surface area contributed by atoms with E-state index < -0.39 is 25.9 Å². The zero-order valence-corrected chi connectivity index (χ0v) is 16.9. The van der Waals surface area contributed by atoms with E-state index >= 15 is 0 Å². The molecule has 1 saturated heterocycles. The minimum atomic E-state index is -3.80. The van der Waals surface area contributed by atoms with Crippen LogP contribution in [0, 0.1) is 5.92 Å². The first-order valence-electron chi connectivity index (χ1n) is 8.57. The molecular formula is C17H26N2O5S2. The molecule has 0 spiro atoms. The molecule has 0 aliphatic carbocycles. The van der Waals surface area contributed by atoms with Crippen LogP contribution in [0.4, 0.5) is 0 Å². The fraction of sp³-hybridized carbons (Fsp3) is 0.588. The Balaban J connectivity index is 2.27. The predicted octanol–water partition coefficient (Wildman–Crippen LogP) is 1.16. The molecule has 0 unspecified atom stereocenters. The second kappa shape index (κ2) is 8.06. The van der Waals surface area contributed by atoms with Gasteiger partial charge in [0.25, 0.3) is 0 Å². The average molecular weight is 403 g/mol. The lowest BCUT2D eigenvalue weighted by molar-refractivity contribution is -0.119. The first-order valence-corrected chi connectivity index (χ1v) is 11.8. The maximum Gasteiger partial charge on any atom is 0.243 e. The molecule has 1 aromatic rings. The van der Waals surface area contributed by atoms with E-state index in [1.165, 1.54) is 23.4 Å². The number of benzene rings is 1. The highest BCUT2D eigenvalue weighted by Gasteiger charge is 2.38. The molecule has 1 N–H and O–H groups in total. The molecule has 1 aliphatic rings. The van der Waals surface area contributed by atoms with Crippen molar-refractivity contribution >= 4 is 25.8 Å². The normalized spacial score (nSPS) is 19.8. The summed E-state index contributed by atoms with van der Waals surface area (Å²) in [6.07, 6.45) is 0.328. The number of rotatable bonds is 7. The molecular weight excluding hydrogens is 376 g/mol. The molecule has 146 valence electrons. The third kappa shape index (κ3) is 5.28. The van der Waals surface area contributed by atoms with Gasteiger partial charge in [-0.1, -0.05) is 26.0 Å². The smallest absolute Gasteiger partial charge is 0.243 e. The monoisotopic (exact) mass is 402 g/mol. The van der Waals surface area contributed by atoms with Crippen molar-refractivity contribution in [1.29, 1.82) is 0 Å². The van der Waals surface area contributed by atoms with Crippen molar-refractivity contribution < 1.29 is 21.6 Å². The zero-order valence-electron chi connectivity index (χ0n) is 15.3. The third-order valence-electron chi connectivity index (χ3n) is 4.23. The van der Waals surface area contributed by atoms with Crippen molar-refractivity contribution in [2.24, 2.45) is 5.92 Å². The first-order chi connectivity index (χ1) is 12.0. The highest BCUT2D eigenvalue weighted by atomic mass is 32.2. The van der Waals surface area contributed by atoms with Crippen LogP contribution in [0.25, 0.3) is 0 Å². The molecule has 1 heterocycles. The number of carbonyl (C=O) groups excluding carboxylic acids is 1. The highest BCUT2D eigenvalue weighted by Crippen LogP contribution is 2.26. The SMILES string of the molecule is CC(=O)NCc1ccc(S(=O)(=O)N(CC(C)C)[C@H]2CCS(=O)(=O)C2)cc1. The number of nitrogens with one attached hydrogen (secondary N) is 1. The van der Waals surface area contributed by atoms with Crippen molar-refractivity contribution in [3.63, 3.8) is 0 Å². The van der Waals surface area contributed by atoms with Gasteiger partial charge >= 0.3 is 0 Å². The van der Waals surface area contributed by atoms with Gasteiger partial charge in [-0.25, -0.2) is 16.8 Å². The number of amides is 1. The van der Waals surface area contributed by atoms with Gasteiger partial charge in [-0.3, -0.25) is 4.79 Å². The van der Waals surface area contributed by atoms with Gasteiger partial charge in [0.15, 0.2) is 9.84 Å². The molecule has 2 rings (SSSR count). The Morgan fingerprint density at radius 2 is 1.88 bits per heavy atom. The van der Waals surface area contributed by atoms with Gasteiger partial charge in [0.2, 0.25) is 15.9 Å². The molecule has 1 aliphatic heterocycles. The largest absolute Gasteiger partial charge is 0.352 e. The number of carbonyl (C=O) groups is 1. The molecule has 0 aromatic heterocycles. The van der Waals surface area contributed by atoms with Crippen LogP contribution in [-0.4, -0.2) is 51.1 Å². The summed E-state index contributed by atoms with van der Waals surface area (Å²) in [6, 6.07) is 5.79. The summed E-state index contributed by atoms with van der Waals surface area (Å²) in [7, 11) is -6.98. The Hall–Kier alpha value is -1.45. The topological polar surface area (TPSA) is 101 Å². The van der Waals surface area contributed by atoms with Gasteiger partial charge in [-0.2, -0.15) is 4.31 Å². The van der Waals surface area contributed by atoms with Gasteiger partial charge in [0.05, 0.1) is 16.4 Å². The molecule has 1 amide bonds. The quantitative estimate of drug-likeness (QED) is 0.737. The lowest BCUT2D eigenvalue weighted by Gasteiger charge is -2.29. The number of sulfonamides is 1. The summed E-state index contributed by atoms with van der Waals surface area (Å²) in [4.78, 5) is 11.1. The molecule has 9 heteroatoms. The summed E-state index contributed by atoms with van der Waals surface area (Å²) in [5.41, 5.74) is 0.790. The third-order valence-corrected chi connectivity index (χ3v) is 7.92. The fourth-order valence-electron chi connectivity index (χ4n) is 2.95. The minimum Gasteiger partial charge on any atom is -0.352 e. The summed E-state index contributed by atoms with van der Waals surface area (Å²) in [5, 5.41) is 2.66. The van der Waals surface area contributed by atoms with E-state index in [0.717, 1.165) is 5.56 Å². The van der Waals surface area contributed by atoms with Crippen LogP contribution in [0.5, 0.6) is 0 Å².